The van der Waals surface area contributed by atoms with Gasteiger partial charge in [-0.1, -0.05) is 0 Å². The zero-order chi connectivity index (χ0) is 13.3. The molecule has 0 aromatic carbocycles. The molecule has 6 heteroatoms. The van der Waals surface area contributed by atoms with E-state index < -0.39 is 0 Å². The summed E-state index contributed by atoms with van der Waals surface area (Å²) in [5.74, 6) is 0.0634. The molecule has 110 valence electrons. The van der Waals surface area contributed by atoms with Crippen LogP contribution in [-0.4, -0.2) is 41.4 Å². The van der Waals surface area contributed by atoms with Gasteiger partial charge in [0.1, 0.15) is 6.04 Å². The Hall–Kier alpha value is -0.810. The van der Waals surface area contributed by atoms with E-state index in [4.69, 9.17) is 5.73 Å². The average Bonchev–Trinajstić information content (AvgIpc) is 2.86. The molecule has 0 aromatic heterocycles. The Morgan fingerprint density at radius 2 is 2.05 bits per heavy atom. The fraction of sp³-hybridized carbons (Fsp3) is 0.846. The topological polar surface area (TPSA) is 75.4 Å². The van der Waals surface area contributed by atoms with Crippen LogP contribution >= 0.6 is 12.4 Å². The number of hydrogen-bond acceptors (Lipinski definition) is 3. The minimum Gasteiger partial charge on any atom is -0.344 e. The second-order valence-electron chi connectivity index (χ2n) is 5.75. The molecule has 1 aliphatic carbocycles. The van der Waals surface area contributed by atoms with Gasteiger partial charge in [-0.25, -0.2) is 0 Å². The van der Waals surface area contributed by atoms with Crippen LogP contribution in [0, 0.1) is 5.92 Å². The molecule has 3 N–H and O–H groups in total. The van der Waals surface area contributed by atoms with E-state index in [1.807, 2.05) is 18.7 Å². The SMILES string of the molecule is CC(C)N1CCC(NC(=O)C2CCC(N)C2)C1=O.Cl. The van der Waals surface area contributed by atoms with Crippen LogP contribution in [0.25, 0.3) is 0 Å². The number of carbonyl (C=O) groups is 2. The predicted molar refractivity (Wildman–Crippen MR) is 76.0 cm³/mol. The number of nitrogens with zero attached hydrogens (tertiary/aromatic N) is 1. The van der Waals surface area contributed by atoms with E-state index in [-0.39, 0.29) is 48.3 Å². The Labute approximate surface area is 120 Å². The highest BCUT2D eigenvalue weighted by Gasteiger charge is 2.36. The largest absolute Gasteiger partial charge is 0.344 e. The minimum atomic E-state index is -0.322. The van der Waals surface area contributed by atoms with Crippen LogP contribution in [0.5, 0.6) is 0 Å². The monoisotopic (exact) mass is 289 g/mol. The van der Waals surface area contributed by atoms with Crippen molar-refractivity contribution in [3.05, 3.63) is 0 Å². The molecule has 2 aliphatic rings. The molecule has 0 spiro atoms. The zero-order valence-electron chi connectivity index (χ0n) is 11.6. The molecule has 2 rings (SSSR count). The summed E-state index contributed by atoms with van der Waals surface area (Å²) in [5.41, 5.74) is 5.80. The van der Waals surface area contributed by atoms with Crippen molar-refractivity contribution in [3.63, 3.8) is 0 Å². The summed E-state index contributed by atoms with van der Waals surface area (Å²) in [5, 5.41) is 2.89. The van der Waals surface area contributed by atoms with Crippen LogP contribution in [-0.2, 0) is 9.59 Å². The fourth-order valence-electron chi connectivity index (χ4n) is 2.89. The molecule has 3 unspecified atom stereocenters. The molecule has 1 saturated carbocycles. The van der Waals surface area contributed by atoms with Crippen molar-refractivity contribution in [2.24, 2.45) is 11.7 Å². The summed E-state index contributed by atoms with van der Waals surface area (Å²) in [4.78, 5) is 25.9. The molecule has 0 radical (unpaired) electrons. The molecule has 2 amide bonds. The second-order valence-corrected chi connectivity index (χ2v) is 5.75. The molecule has 1 saturated heterocycles. The van der Waals surface area contributed by atoms with Crippen molar-refractivity contribution in [2.75, 3.05) is 6.54 Å². The number of likely N-dealkylation sites (tertiary alicyclic amines) is 1. The van der Waals surface area contributed by atoms with Gasteiger partial charge in [0.05, 0.1) is 0 Å². The van der Waals surface area contributed by atoms with Crippen molar-refractivity contribution in [1.29, 1.82) is 0 Å². The number of halogens is 1. The first-order valence-electron chi connectivity index (χ1n) is 6.85. The van der Waals surface area contributed by atoms with E-state index in [0.717, 1.165) is 32.2 Å². The highest BCUT2D eigenvalue weighted by molar-refractivity contribution is 5.90. The summed E-state index contributed by atoms with van der Waals surface area (Å²) in [6, 6.07) is 0.0308. The van der Waals surface area contributed by atoms with Crippen LogP contribution in [0.3, 0.4) is 0 Å². The number of nitrogens with two attached hydrogens (primary N) is 1. The quantitative estimate of drug-likeness (QED) is 0.801. The highest BCUT2D eigenvalue weighted by Crippen LogP contribution is 2.25. The standard InChI is InChI=1S/C13H23N3O2.ClH/c1-8(2)16-6-5-11(13(16)18)15-12(17)9-3-4-10(14)7-9;/h8-11H,3-7,14H2,1-2H3,(H,15,17);1H. The molecule has 0 bridgehead atoms. The maximum atomic E-state index is 12.0. The van der Waals surface area contributed by atoms with Crippen molar-refractivity contribution in [1.82, 2.24) is 10.2 Å². The van der Waals surface area contributed by atoms with Crippen LogP contribution in [0.15, 0.2) is 0 Å². The first-order chi connectivity index (χ1) is 8.49. The fourth-order valence-corrected chi connectivity index (χ4v) is 2.89. The van der Waals surface area contributed by atoms with Gasteiger partial charge in [-0.2, -0.15) is 0 Å². The van der Waals surface area contributed by atoms with E-state index in [1.165, 1.54) is 0 Å². The van der Waals surface area contributed by atoms with Gasteiger partial charge in [-0.3, -0.25) is 9.59 Å². The van der Waals surface area contributed by atoms with Gasteiger partial charge in [0, 0.05) is 24.5 Å². The summed E-state index contributed by atoms with van der Waals surface area (Å²) in [6.45, 7) is 4.74. The molecular weight excluding hydrogens is 266 g/mol. The normalized spacial score (nSPS) is 30.6. The van der Waals surface area contributed by atoms with Crippen LogP contribution in [0.1, 0.15) is 39.5 Å². The molecule has 0 aromatic rings. The lowest BCUT2D eigenvalue weighted by Crippen LogP contribution is -2.45. The van der Waals surface area contributed by atoms with Crippen LogP contribution in [0.4, 0.5) is 0 Å². The first kappa shape index (κ1) is 16.2. The van der Waals surface area contributed by atoms with E-state index in [2.05, 4.69) is 5.32 Å². The molecule has 1 aliphatic heterocycles. The minimum absolute atomic E-state index is 0. The Kier molecular flexibility index (Phi) is 5.62. The molecule has 5 nitrogen and oxygen atoms in total. The molecule has 19 heavy (non-hydrogen) atoms. The summed E-state index contributed by atoms with van der Waals surface area (Å²) in [7, 11) is 0. The third-order valence-electron chi connectivity index (χ3n) is 4.02. The number of amides is 2. The van der Waals surface area contributed by atoms with Gasteiger partial charge in [-0.05, 0) is 39.5 Å². The lowest BCUT2D eigenvalue weighted by Gasteiger charge is -2.21. The lowest BCUT2D eigenvalue weighted by atomic mass is 10.1. The Morgan fingerprint density at radius 1 is 1.37 bits per heavy atom. The Bertz CT molecular complexity index is 349. The van der Waals surface area contributed by atoms with E-state index in [1.54, 1.807) is 0 Å². The smallest absolute Gasteiger partial charge is 0.245 e. The van der Waals surface area contributed by atoms with Gasteiger partial charge < -0.3 is 16.0 Å². The molecule has 3 atom stereocenters. The Balaban J connectivity index is 0.00000180. The first-order valence-corrected chi connectivity index (χ1v) is 6.85. The third kappa shape index (κ3) is 3.60. The third-order valence-corrected chi connectivity index (χ3v) is 4.02. The maximum absolute atomic E-state index is 12.0. The van der Waals surface area contributed by atoms with Crippen molar-refractivity contribution >= 4 is 24.2 Å². The highest BCUT2D eigenvalue weighted by atomic mass is 35.5. The van der Waals surface area contributed by atoms with Gasteiger partial charge in [0.25, 0.3) is 0 Å². The maximum Gasteiger partial charge on any atom is 0.245 e. The van der Waals surface area contributed by atoms with Gasteiger partial charge in [-0.15, -0.1) is 12.4 Å². The number of carbonyl (C=O) groups excluding carboxylic acids is 2. The van der Waals surface area contributed by atoms with E-state index >= 15 is 0 Å². The summed E-state index contributed by atoms with van der Waals surface area (Å²) in [6.07, 6.45) is 3.23. The lowest BCUT2D eigenvalue weighted by molar-refractivity contribution is -0.134. The van der Waals surface area contributed by atoms with Crippen molar-refractivity contribution < 1.29 is 9.59 Å². The average molecular weight is 290 g/mol. The summed E-state index contributed by atoms with van der Waals surface area (Å²) < 4.78 is 0. The van der Waals surface area contributed by atoms with Crippen molar-refractivity contribution in [3.8, 4) is 0 Å². The molecule has 1 heterocycles. The van der Waals surface area contributed by atoms with Crippen LogP contribution < -0.4 is 11.1 Å². The van der Waals surface area contributed by atoms with Crippen molar-refractivity contribution in [2.45, 2.75) is 57.7 Å². The molecular formula is C13H24ClN3O2. The number of rotatable bonds is 3. The molecule has 2 fully saturated rings. The van der Waals surface area contributed by atoms with Gasteiger partial charge >= 0.3 is 0 Å². The second kappa shape index (κ2) is 6.57. The Morgan fingerprint density at radius 3 is 2.53 bits per heavy atom. The van der Waals surface area contributed by atoms with E-state index in [9.17, 15) is 9.59 Å². The number of nitrogens with one attached hydrogen (secondary N) is 1. The zero-order valence-corrected chi connectivity index (χ0v) is 12.4. The predicted octanol–water partition coefficient (Wildman–Crippen LogP) is 0.661. The summed E-state index contributed by atoms with van der Waals surface area (Å²) >= 11 is 0. The van der Waals surface area contributed by atoms with Gasteiger partial charge in [0.15, 0.2) is 0 Å². The van der Waals surface area contributed by atoms with E-state index in [0.29, 0.717) is 0 Å². The number of hydrogen-bond donors (Lipinski definition) is 2. The van der Waals surface area contributed by atoms with Gasteiger partial charge in [0.2, 0.25) is 11.8 Å². The van der Waals surface area contributed by atoms with Crippen LogP contribution in [0.2, 0.25) is 0 Å².